The molecule has 29 heavy (non-hydrogen) atoms. The summed E-state index contributed by atoms with van der Waals surface area (Å²) in [6, 6.07) is 11.8. The quantitative estimate of drug-likeness (QED) is 0.615. The number of nitrogens with two attached hydrogens (primary N) is 1. The Labute approximate surface area is 183 Å². The van der Waals surface area contributed by atoms with Crippen LogP contribution in [0, 0.1) is 18.3 Å². The molecule has 0 saturated heterocycles. The van der Waals surface area contributed by atoms with Crippen molar-refractivity contribution in [3.05, 3.63) is 68.5 Å². The largest absolute Gasteiger partial charge is 0.384 e. The summed E-state index contributed by atoms with van der Waals surface area (Å²) < 4.78 is 1.12. The third-order valence-corrected chi connectivity index (χ3v) is 7.89. The van der Waals surface area contributed by atoms with Crippen LogP contribution < -0.4 is 10.6 Å². The van der Waals surface area contributed by atoms with E-state index in [1.54, 1.807) is 29.2 Å². The maximum Gasteiger partial charge on any atom is 0.161 e. The number of hydrogen-bond acceptors (Lipinski definition) is 6. The van der Waals surface area contributed by atoms with E-state index in [2.05, 4.69) is 12.1 Å². The molecule has 0 amide bonds. The van der Waals surface area contributed by atoms with Crippen molar-refractivity contribution in [3.8, 4) is 6.07 Å². The van der Waals surface area contributed by atoms with Gasteiger partial charge in [0.25, 0.3) is 0 Å². The molecule has 1 atom stereocenters. The van der Waals surface area contributed by atoms with Crippen LogP contribution in [0.25, 0.3) is 0 Å². The summed E-state index contributed by atoms with van der Waals surface area (Å²) in [5.74, 6) is 0.0216. The summed E-state index contributed by atoms with van der Waals surface area (Å²) in [6.07, 6.45) is 3.99. The van der Waals surface area contributed by atoms with Gasteiger partial charge in [-0.2, -0.15) is 5.26 Å². The van der Waals surface area contributed by atoms with E-state index in [0.717, 1.165) is 33.2 Å². The van der Waals surface area contributed by atoms with Crippen molar-refractivity contribution in [3.63, 3.8) is 0 Å². The van der Waals surface area contributed by atoms with Crippen LogP contribution in [0.3, 0.4) is 0 Å². The zero-order valence-electron chi connectivity index (χ0n) is 16.2. The highest BCUT2D eigenvalue weighted by Crippen LogP contribution is 2.50. The minimum absolute atomic E-state index is 0.0875. The van der Waals surface area contributed by atoms with Gasteiger partial charge in [-0.15, -0.1) is 23.1 Å². The molecule has 148 valence electrons. The number of Topliss-reactive ketones (excluding diaryl/α,β-unsaturated/α-hetero) is 1. The fourth-order valence-corrected chi connectivity index (χ4v) is 6.31. The van der Waals surface area contributed by atoms with E-state index in [1.165, 1.54) is 0 Å². The summed E-state index contributed by atoms with van der Waals surface area (Å²) in [5, 5.41) is 10.6. The Morgan fingerprint density at radius 1 is 1.34 bits per heavy atom. The van der Waals surface area contributed by atoms with E-state index in [9.17, 15) is 10.1 Å². The highest BCUT2D eigenvalue weighted by atomic mass is 35.5. The molecule has 1 aromatic carbocycles. The second-order valence-electron chi connectivity index (χ2n) is 7.07. The molecule has 4 nitrogen and oxygen atoms in total. The van der Waals surface area contributed by atoms with Gasteiger partial charge in [0, 0.05) is 22.6 Å². The van der Waals surface area contributed by atoms with Crippen molar-refractivity contribution >= 4 is 46.2 Å². The summed E-state index contributed by atoms with van der Waals surface area (Å²) >= 11 is 9.80. The number of aryl methyl sites for hydroxylation is 1. The van der Waals surface area contributed by atoms with Gasteiger partial charge in [0.15, 0.2) is 5.78 Å². The molecule has 0 saturated carbocycles. The van der Waals surface area contributed by atoms with E-state index < -0.39 is 5.92 Å². The van der Waals surface area contributed by atoms with Crippen LogP contribution in [0.1, 0.15) is 35.6 Å². The lowest BCUT2D eigenvalue weighted by Crippen LogP contribution is -2.38. The average Bonchev–Trinajstić information content (AvgIpc) is 3.08. The molecule has 0 bridgehead atoms. The average molecular weight is 442 g/mol. The predicted molar refractivity (Wildman–Crippen MR) is 120 cm³/mol. The third kappa shape index (κ3) is 3.28. The SMILES string of the molecule is CSc1sc(C)cc1[C@@H]1C(C#N)=C(N)N(c2ccccc2Cl)C2=C1C(=O)CCC2. The van der Waals surface area contributed by atoms with Gasteiger partial charge in [0.1, 0.15) is 5.82 Å². The number of nitrogens with zero attached hydrogens (tertiary/aromatic N) is 2. The number of nitriles is 1. The second-order valence-corrected chi connectivity index (χ2v) is 9.81. The van der Waals surface area contributed by atoms with Crippen molar-refractivity contribution in [2.45, 2.75) is 36.3 Å². The molecule has 2 N–H and O–H groups in total. The molecule has 0 radical (unpaired) electrons. The second kappa shape index (κ2) is 7.91. The van der Waals surface area contributed by atoms with E-state index >= 15 is 0 Å². The fourth-order valence-electron chi connectivity index (χ4n) is 4.18. The number of anilines is 1. The van der Waals surface area contributed by atoms with E-state index in [0.29, 0.717) is 34.1 Å². The third-order valence-electron chi connectivity index (χ3n) is 5.35. The van der Waals surface area contributed by atoms with Crippen molar-refractivity contribution in [2.24, 2.45) is 5.73 Å². The van der Waals surface area contributed by atoms with Gasteiger partial charge < -0.3 is 5.73 Å². The number of carbonyl (C=O) groups excluding carboxylic acids is 1. The molecular formula is C22H20ClN3OS2. The molecule has 2 aliphatic rings. The van der Waals surface area contributed by atoms with Crippen molar-refractivity contribution in [1.29, 1.82) is 5.26 Å². The zero-order chi connectivity index (χ0) is 20.7. The Morgan fingerprint density at radius 2 is 2.10 bits per heavy atom. The normalized spacial score (nSPS) is 19.4. The fraction of sp³-hybridized carbons (Fsp3) is 0.273. The highest BCUT2D eigenvalue weighted by molar-refractivity contribution is 8.00. The number of thioether (sulfide) groups is 1. The van der Waals surface area contributed by atoms with Gasteiger partial charge >= 0.3 is 0 Å². The number of carbonyl (C=O) groups is 1. The van der Waals surface area contributed by atoms with Gasteiger partial charge in [-0.05, 0) is 49.8 Å². The Hall–Kier alpha value is -2.20. The van der Waals surface area contributed by atoms with Crippen molar-refractivity contribution in [2.75, 3.05) is 11.2 Å². The van der Waals surface area contributed by atoms with Crippen LogP contribution in [-0.4, -0.2) is 12.0 Å². The standard InChI is InChI=1S/C22H20ClN3OS2/c1-12-10-13(22(28-2)29-12)19-14(11-24)21(25)26(16-7-4-3-6-15(16)23)17-8-5-9-18(27)20(17)19/h3-4,6-7,10,19H,5,8-9,25H2,1-2H3/t19-/m1/s1. The lowest BCUT2D eigenvalue weighted by molar-refractivity contribution is -0.116. The Balaban J connectivity index is 2.01. The smallest absolute Gasteiger partial charge is 0.161 e. The van der Waals surface area contributed by atoms with Crippen LogP contribution in [0.4, 0.5) is 5.69 Å². The summed E-state index contributed by atoms with van der Waals surface area (Å²) in [4.78, 5) is 16.1. The molecule has 2 aromatic rings. The maximum atomic E-state index is 13.2. The lowest BCUT2D eigenvalue weighted by atomic mass is 9.76. The molecule has 0 spiro atoms. The van der Waals surface area contributed by atoms with Gasteiger partial charge in [-0.3, -0.25) is 9.69 Å². The predicted octanol–water partition coefficient (Wildman–Crippen LogP) is 5.74. The molecule has 1 aromatic heterocycles. The topological polar surface area (TPSA) is 70.1 Å². The Morgan fingerprint density at radius 3 is 2.79 bits per heavy atom. The van der Waals surface area contributed by atoms with Gasteiger partial charge in [-0.25, -0.2) is 0 Å². The zero-order valence-corrected chi connectivity index (χ0v) is 18.5. The molecule has 7 heteroatoms. The first-order valence-electron chi connectivity index (χ1n) is 9.32. The number of rotatable bonds is 3. The van der Waals surface area contributed by atoms with E-state index in [-0.39, 0.29) is 5.78 Å². The van der Waals surface area contributed by atoms with Crippen LogP contribution >= 0.6 is 34.7 Å². The maximum absolute atomic E-state index is 13.2. The van der Waals surface area contributed by atoms with E-state index in [4.69, 9.17) is 17.3 Å². The number of thiophene rings is 1. The summed E-state index contributed by atoms with van der Waals surface area (Å²) in [7, 11) is 0. The number of para-hydroxylation sites is 1. The summed E-state index contributed by atoms with van der Waals surface area (Å²) in [5.41, 5.74) is 10.3. The first kappa shape index (κ1) is 20.1. The van der Waals surface area contributed by atoms with Gasteiger partial charge in [0.2, 0.25) is 0 Å². The number of halogens is 1. The minimum Gasteiger partial charge on any atom is -0.384 e. The molecule has 1 aliphatic carbocycles. The van der Waals surface area contributed by atoms with Crippen LogP contribution in [0.2, 0.25) is 5.02 Å². The first-order chi connectivity index (χ1) is 14.0. The number of hydrogen-bond donors (Lipinski definition) is 1. The lowest BCUT2D eigenvalue weighted by Gasteiger charge is -2.39. The first-order valence-corrected chi connectivity index (χ1v) is 11.7. The van der Waals surface area contributed by atoms with Crippen LogP contribution in [-0.2, 0) is 4.79 Å². The molecular weight excluding hydrogens is 422 g/mol. The molecule has 0 unspecified atom stereocenters. The minimum atomic E-state index is -0.422. The molecule has 4 rings (SSSR count). The molecule has 0 fully saturated rings. The van der Waals surface area contributed by atoms with E-state index in [1.807, 2.05) is 36.3 Å². The molecule has 1 aliphatic heterocycles. The number of ketones is 1. The summed E-state index contributed by atoms with van der Waals surface area (Å²) in [6.45, 7) is 2.05. The van der Waals surface area contributed by atoms with Crippen LogP contribution in [0.5, 0.6) is 0 Å². The highest BCUT2D eigenvalue weighted by Gasteiger charge is 2.41. The molecule has 2 heterocycles. The van der Waals surface area contributed by atoms with Crippen LogP contribution in [0.15, 0.2) is 57.2 Å². The Kier molecular flexibility index (Phi) is 5.48. The number of allylic oxidation sites excluding steroid dienone is 3. The monoisotopic (exact) mass is 441 g/mol. The van der Waals surface area contributed by atoms with Gasteiger partial charge in [-0.1, -0.05) is 23.7 Å². The van der Waals surface area contributed by atoms with Gasteiger partial charge in [0.05, 0.1) is 32.5 Å². The Bertz CT molecular complexity index is 1110. The number of benzene rings is 1. The van der Waals surface area contributed by atoms with Crippen molar-refractivity contribution < 1.29 is 4.79 Å². The van der Waals surface area contributed by atoms with Crippen molar-refractivity contribution in [1.82, 2.24) is 0 Å².